The summed E-state index contributed by atoms with van der Waals surface area (Å²) >= 11 is 1.62. The van der Waals surface area contributed by atoms with Gasteiger partial charge >= 0.3 is 5.97 Å². The van der Waals surface area contributed by atoms with Crippen molar-refractivity contribution in [2.45, 2.75) is 56.1 Å². The Labute approximate surface area is 200 Å². The molecule has 0 unspecified atom stereocenters. The first kappa shape index (κ1) is 23.3. The molecule has 0 atom stereocenters. The molecule has 0 radical (unpaired) electrons. The number of aromatic nitrogens is 2. The van der Waals surface area contributed by atoms with E-state index in [9.17, 15) is 4.79 Å². The predicted molar refractivity (Wildman–Crippen MR) is 133 cm³/mol. The van der Waals surface area contributed by atoms with Crippen LogP contribution in [0.15, 0.2) is 70.6 Å². The lowest BCUT2D eigenvalue weighted by Crippen LogP contribution is -2.37. The summed E-state index contributed by atoms with van der Waals surface area (Å²) in [4.78, 5) is 15.8. The second-order valence-electron chi connectivity index (χ2n) is 8.91. The molecular formula is C27H31N3O2S. The molecule has 1 saturated heterocycles. The maximum Gasteiger partial charge on any atom is 0.309 e. The first-order valence-corrected chi connectivity index (χ1v) is 12.4. The third-order valence-electron chi connectivity index (χ3n) is 6.05. The van der Waals surface area contributed by atoms with Crippen LogP contribution >= 0.6 is 11.8 Å². The molecule has 0 N–H and O–H groups in total. The number of ether oxygens (including phenoxy) is 1. The third-order valence-corrected chi connectivity index (χ3v) is 6.98. The van der Waals surface area contributed by atoms with Crippen LogP contribution in [0.4, 0.5) is 5.82 Å². The zero-order valence-corrected chi connectivity index (χ0v) is 20.3. The third kappa shape index (κ3) is 6.35. The van der Waals surface area contributed by atoms with E-state index in [0.29, 0.717) is 12.5 Å². The van der Waals surface area contributed by atoms with Crippen LogP contribution in [0.5, 0.6) is 0 Å². The minimum Gasteiger partial charge on any atom is -0.461 e. The normalized spacial score (nSPS) is 14.5. The molecule has 2 aromatic carbocycles. The van der Waals surface area contributed by atoms with Gasteiger partial charge in [-0.15, -0.1) is 10.2 Å². The maximum absolute atomic E-state index is 12.5. The number of esters is 1. The van der Waals surface area contributed by atoms with Crippen molar-refractivity contribution in [1.82, 2.24) is 10.2 Å². The van der Waals surface area contributed by atoms with Gasteiger partial charge < -0.3 is 9.64 Å². The van der Waals surface area contributed by atoms with Crippen molar-refractivity contribution in [3.05, 3.63) is 77.4 Å². The van der Waals surface area contributed by atoms with Crippen LogP contribution in [-0.2, 0) is 16.1 Å². The number of piperidine rings is 1. The van der Waals surface area contributed by atoms with E-state index in [1.165, 1.54) is 11.1 Å². The highest BCUT2D eigenvalue weighted by Gasteiger charge is 2.27. The molecule has 3 aromatic rings. The monoisotopic (exact) mass is 461 g/mol. The van der Waals surface area contributed by atoms with Crippen LogP contribution in [0.25, 0.3) is 0 Å². The van der Waals surface area contributed by atoms with Gasteiger partial charge in [0.1, 0.15) is 11.6 Å². The van der Waals surface area contributed by atoms with Crippen molar-refractivity contribution < 1.29 is 9.53 Å². The highest BCUT2D eigenvalue weighted by Crippen LogP contribution is 2.29. The number of hydrogen-bond donors (Lipinski definition) is 0. The molecule has 4 rings (SSSR count). The van der Waals surface area contributed by atoms with Gasteiger partial charge in [0.05, 0.1) is 5.92 Å². The SMILES string of the molecule is Cc1ccc(COC(=O)C2CCN(c3ccc(Sc4ccc(C(C)C)cc4)nn3)CC2)cc1. The topological polar surface area (TPSA) is 55.3 Å². The Bertz CT molecular complexity index is 1040. The highest BCUT2D eigenvalue weighted by atomic mass is 32.2. The lowest BCUT2D eigenvalue weighted by Gasteiger charge is -2.31. The van der Waals surface area contributed by atoms with Gasteiger partial charge in [0.25, 0.3) is 0 Å². The van der Waals surface area contributed by atoms with Crippen molar-refractivity contribution in [3.63, 3.8) is 0 Å². The van der Waals surface area contributed by atoms with Crippen molar-refractivity contribution in [3.8, 4) is 0 Å². The van der Waals surface area contributed by atoms with Crippen LogP contribution in [0.1, 0.15) is 49.3 Å². The molecular weight excluding hydrogens is 430 g/mol. The summed E-state index contributed by atoms with van der Waals surface area (Å²) < 4.78 is 5.55. The number of benzene rings is 2. The van der Waals surface area contributed by atoms with E-state index < -0.39 is 0 Å². The molecule has 1 aromatic heterocycles. The maximum atomic E-state index is 12.5. The van der Waals surface area contributed by atoms with Gasteiger partial charge in [-0.25, -0.2) is 0 Å². The van der Waals surface area contributed by atoms with Crippen molar-refractivity contribution in [2.24, 2.45) is 5.92 Å². The molecule has 0 saturated carbocycles. The molecule has 0 aliphatic carbocycles. The standard InChI is InChI=1S/C27H31N3O2S/c1-19(2)22-8-10-24(11-9-22)33-26-13-12-25(28-29-26)30-16-14-23(15-17-30)27(31)32-18-21-6-4-20(3)5-7-21/h4-13,19,23H,14-18H2,1-3H3. The van der Waals surface area contributed by atoms with E-state index >= 15 is 0 Å². The molecule has 0 amide bonds. The van der Waals surface area contributed by atoms with E-state index in [0.717, 1.165) is 47.2 Å². The van der Waals surface area contributed by atoms with Gasteiger partial charge in [-0.05, 0) is 61.1 Å². The number of aryl methyl sites for hydroxylation is 1. The van der Waals surface area contributed by atoms with Crippen LogP contribution in [-0.4, -0.2) is 29.3 Å². The van der Waals surface area contributed by atoms with E-state index in [1.54, 1.807) is 11.8 Å². The molecule has 0 spiro atoms. The van der Waals surface area contributed by atoms with Gasteiger partial charge in [0.15, 0.2) is 5.82 Å². The fraction of sp³-hybridized carbons (Fsp3) is 0.370. The number of carbonyl (C=O) groups is 1. The fourth-order valence-electron chi connectivity index (χ4n) is 3.88. The van der Waals surface area contributed by atoms with E-state index in [4.69, 9.17) is 4.74 Å². The van der Waals surface area contributed by atoms with Gasteiger partial charge in [0.2, 0.25) is 0 Å². The van der Waals surface area contributed by atoms with E-state index in [1.807, 2.05) is 43.3 Å². The molecule has 1 aliphatic rings. The molecule has 6 heteroatoms. The minimum absolute atomic E-state index is 0.0525. The van der Waals surface area contributed by atoms with Crippen molar-refractivity contribution in [2.75, 3.05) is 18.0 Å². The summed E-state index contributed by atoms with van der Waals surface area (Å²) in [7, 11) is 0. The summed E-state index contributed by atoms with van der Waals surface area (Å²) in [6.45, 7) is 8.34. The van der Waals surface area contributed by atoms with Crippen molar-refractivity contribution in [1.29, 1.82) is 0 Å². The van der Waals surface area contributed by atoms with Crippen LogP contribution < -0.4 is 4.90 Å². The Kier molecular flexibility index (Phi) is 7.65. The Morgan fingerprint density at radius 2 is 1.70 bits per heavy atom. The average molecular weight is 462 g/mol. The minimum atomic E-state index is -0.100. The second kappa shape index (κ2) is 10.8. The molecule has 1 fully saturated rings. The largest absolute Gasteiger partial charge is 0.461 e. The van der Waals surface area contributed by atoms with E-state index in [-0.39, 0.29) is 11.9 Å². The molecule has 172 valence electrons. The van der Waals surface area contributed by atoms with Crippen LogP contribution in [0.3, 0.4) is 0 Å². The lowest BCUT2D eigenvalue weighted by atomic mass is 9.97. The number of hydrogen-bond acceptors (Lipinski definition) is 6. The Balaban J connectivity index is 1.25. The highest BCUT2D eigenvalue weighted by molar-refractivity contribution is 7.99. The zero-order chi connectivity index (χ0) is 23.2. The smallest absolute Gasteiger partial charge is 0.309 e. The Morgan fingerprint density at radius 1 is 1.00 bits per heavy atom. The van der Waals surface area contributed by atoms with Gasteiger partial charge in [0, 0.05) is 18.0 Å². The second-order valence-corrected chi connectivity index (χ2v) is 10.0. The van der Waals surface area contributed by atoms with Crippen LogP contribution in [0.2, 0.25) is 0 Å². The Hall–Kier alpha value is -2.86. The first-order valence-electron chi connectivity index (χ1n) is 11.6. The van der Waals surface area contributed by atoms with Gasteiger partial charge in [-0.3, -0.25) is 4.79 Å². The number of rotatable bonds is 7. The zero-order valence-electron chi connectivity index (χ0n) is 19.5. The summed E-state index contributed by atoms with van der Waals surface area (Å²) in [5.41, 5.74) is 3.56. The molecule has 2 heterocycles. The summed E-state index contributed by atoms with van der Waals surface area (Å²) in [6.07, 6.45) is 1.54. The number of carbonyl (C=O) groups excluding carboxylic acids is 1. The summed E-state index contributed by atoms with van der Waals surface area (Å²) in [6, 6.07) is 20.7. The van der Waals surface area contributed by atoms with E-state index in [2.05, 4.69) is 53.2 Å². The summed E-state index contributed by atoms with van der Waals surface area (Å²) in [5, 5.41) is 9.73. The van der Waals surface area contributed by atoms with Gasteiger partial charge in [-0.2, -0.15) is 0 Å². The molecule has 1 aliphatic heterocycles. The number of nitrogens with zero attached hydrogens (tertiary/aromatic N) is 3. The van der Waals surface area contributed by atoms with Gasteiger partial charge in [-0.1, -0.05) is 67.6 Å². The summed E-state index contributed by atoms with van der Waals surface area (Å²) in [5.74, 6) is 1.24. The Morgan fingerprint density at radius 3 is 2.30 bits per heavy atom. The fourth-order valence-corrected chi connectivity index (χ4v) is 4.61. The molecule has 0 bridgehead atoms. The molecule has 5 nitrogen and oxygen atoms in total. The predicted octanol–water partition coefficient (Wildman–Crippen LogP) is 6.02. The molecule has 33 heavy (non-hydrogen) atoms. The quantitative estimate of drug-likeness (QED) is 0.401. The average Bonchev–Trinajstić information content (AvgIpc) is 2.84. The lowest BCUT2D eigenvalue weighted by molar-refractivity contribution is -0.150. The van der Waals surface area contributed by atoms with Crippen LogP contribution in [0, 0.1) is 12.8 Å². The number of anilines is 1. The first-order chi connectivity index (χ1) is 16.0. The van der Waals surface area contributed by atoms with Crippen molar-refractivity contribution >= 4 is 23.5 Å².